The number of amides is 1. The van der Waals surface area contributed by atoms with E-state index in [0.29, 0.717) is 16.8 Å². The Morgan fingerprint density at radius 3 is 2.60 bits per heavy atom. The van der Waals surface area contributed by atoms with Gasteiger partial charge in [-0.05, 0) is 68.9 Å². The Kier molecular flexibility index (Phi) is 8.10. The summed E-state index contributed by atoms with van der Waals surface area (Å²) >= 11 is 0. The normalized spacial score (nSPS) is 14.8. The summed E-state index contributed by atoms with van der Waals surface area (Å²) in [5.74, 6) is 0.492. The molecule has 2 aromatic carbocycles. The van der Waals surface area contributed by atoms with Crippen molar-refractivity contribution in [3.05, 3.63) is 83.3 Å². The zero-order valence-corrected chi connectivity index (χ0v) is 20.6. The molecule has 1 aliphatic rings. The van der Waals surface area contributed by atoms with Crippen LogP contribution in [0.5, 0.6) is 5.75 Å². The van der Waals surface area contributed by atoms with Gasteiger partial charge in [0.15, 0.2) is 0 Å². The maximum absolute atomic E-state index is 13.5. The molecule has 0 radical (unpaired) electrons. The fraction of sp³-hybridized carbons (Fsp3) is 0.357. The number of nitrogens with zero attached hydrogens (tertiary/aromatic N) is 3. The Bertz CT molecular complexity index is 1140. The van der Waals surface area contributed by atoms with E-state index in [0.717, 1.165) is 44.8 Å². The SMILES string of the molecule is COc1ccc(CN2CCC(NC(=O)c3ccc(-c4cccc(F)c4)nc3)CC2)cc1CN(C)C. The second-order valence-corrected chi connectivity index (χ2v) is 9.35. The van der Waals surface area contributed by atoms with Gasteiger partial charge in [0.1, 0.15) is 11.6 Å². The van der Waals surface area contributed by atoms with Crippen LogP contribution >= 0.6 is 0 Å². The number of rotatable bonds is 8. The van der Waals surface area contributed by atoms with Crippen LogP contribution in [0, 0.1) is 5.82 Å². The minimum atomic E-state index is -0.307. The van der Waals surface area contributed by atoms with Crippen molar-refractivity contribution in [3.63, 3.8) is 0 Å². The molecule has 0 saturated carbocycles. The largest absolute Gasteiger partial charge is 0.496 e. The van der Waals surface area contributed by atoms with Crippen molar-refractivity contribution >= 4 is 5.91 Å². The van der Waals surface area contributed by atoms with Crippen LogP contribution in [-0.4, -0.2) is 61.0 Å². The first-order valence-electron chi connectivity index (χ1n) is 12.0. The molecule has 2 heterocycles. The summed E-state index contributed by atoms with van der Waals surface area (Å²) in [7, 11) is 5.82. The van der Waals surface area contributed by atoms with Gasteiger partial charge in [-0.25, -0.2) is 4.39 Å². The molecule has 1 saturated heterocycles. The third kappa shape index (κ3) is 6.65. The molecular formula is C28H33FN4O2. The van der Waals surface area contributed by atoms with Crippen molar-refractivity contribution in [1.29, 1.82) is 0 Å². The number of aromatic nitrogens is 1. The van der Waals surface area contributed by atoms with E-state index in [4.69, 9.17) is 4.74 Å². The molecule has 0 atom stereocenters. The molecule has 1 aliphatic heterocycles. The van der Waals surface area contributed by atoms with Crippen LogP contribution in [-0.2, 0) is 13.1 Å². The van der Waals surface area contributed by atoms with Crippen LogP contribution in [0.15, 0.2) is 60.8 Å². The Morgan fingerprint density at radius 1 is 1.14 bits per heavy atom. The quantitative estimate of drug-likeness (QED) is 0.524. The van der Waals surface area contributed by atoms with Gasteiger partial charge < -0.3 is 15.0 Å². The van der Waals surface area contributed by atoms with Gasteiger partial charge in [0, 0.05) is 49.5 Å². The van der Waals surface area contributed by atoms with E-state index in [-0.39, 0.29) is 17.8 Å². The lowest BCUT2D eigenvalue weighted by Gasteiger charge is -2.32. The summed E-state index contributed by atoms with van der Waals surface area (Å²) in [4.78, 5) is 21.7. The van der Waals surface area contributed by atoms with Crippen molar-refractivity contribution in [1.82, 2.24) is 20.1 Å². The number of hydrogen-bond acceptors (Lipinski definition) is 5. The lowest BCUT2D eigenvalue weighted by Crippen LogP contribution is -2.44. The number of carbonyl (C=O) groups is 1. The zero-order valence-electron chi connectivity index (χ0n) is 20.6. The third-order valence-electron chi connectivity index (χ3n) is 6.31. The highest BCUT2D eigenvalue weighted by Gasteiger charge is 2.22. The summed E-state index contributed by atoms with van der Waals surface area (Å²) in [6.45, 7) is 3.58. The molecule has 1 aromatic heterocycles. The van der Waals surface area contributed by atoms with E-state index in [1.807, 2.05) is 0 Å². The van der Waals surface area contributed by atoms with Gasteiger partial charge in [0.2, 0.25) is 0 Å². The van der Waals surface area contributed by atoms with Crippen LogP contribution in [0.25, 0.3) is 11.3 Å². The standard InChI is InChI=1S/C28H33FN4O2/c1-32(2)19-23-15-20(7-10-27(23)35-3)18-33-13-11-25(12-14-33)31-28(34)22-8-9-26(30-17-22)21-5-4-6-24(29)16-21/h4-10,15-17,25H,11-14,18-19H2,1-3H3,(H,31,34). The molecule has 4 rings (SSSR count). The van der Waals surface area contributed by atoms with E-state index >= 15 is 0 Å². The smallest absolute Gasteiger partial charge is 0.253 e. The molecule has 0 unspecified atom stereocenters. The summed E-state index contributed by atoms with van der Waals surface area (Å²) in [6, 6.07) is 16.3. The van der Waals surface area contributed by atoms with Gasteiger partial charge in [0.25, 0.3) is 5.91 Å². The maximum Gasteiger partial charge on any atom is 0.253 e. The van der Waals surface area contributed by atoms with Crippen LogP contribution in [0.3, 0.4) is 0 Å². The van der Waals surface area contributed by atoms with Gasteiger partial charge in [-0.15, -0.1) is 0 Å². The highest BCUT2D eigenvalue weighted by molar-refractivity contribution is 5.94. The van der Waals surface area contributed by atoms with Crippen molar-refractivity contribution < 1.29 is 13.9 Å². The van der Waals surface area contributed by atoms with Crippen molar-refractivity contribution in [2.45, 2.75) is 32.0 Å². The lowest BCUT2D eigenvalue weighted by molar-refractivity contribution is 0.0908. The van der Waals surface area contributed by atoms with E-state index < -0.39 is 0 Å². The van der Waals surface area contributed by atoms with Crippen LogP contribution < -0.4 is 10.1 Å². The van der Waals surface area contributed by atoms with Crippen LogP contribution in [0.4, 0.5) is 4.39 Å². The number of piperidine rings is 1. The van der Waals surface area contributed by atoms with E-state index in [1.54, 1.807) is 37.6 Å². The summed E-state index contributed by atoms with van der Waals surface area (Å²) in [5, 5.41) is 3.15. The Morgan fingerprint density at radius 2 is 1.94 bits per heavy atom. The van der Waals surface area contributed by atoms with Crippen LogP contribution in [0.1, 0.15) is 34.3 Å². The van der Waals surface area contributed by atoms with Gasteiger partial charge in [-0.1, -0.05) is 18.2 Å². The number of halogens is 1. The predicted molar refractivity (Wildman–Crippen MR) is 136 cm³/mol. The Balaban J connectivity index is 1.29. The topological polar surface area (TPSA) is 57.7 Å². The number of nitrogens with one attached hydrogen (secondary N) is 1. The van der Waals surface area contributed by atoms with Gasteiger partial charge in [0.05, 0.1) is 18.4 Å². The fourth-order valence-electron chi connectivity index (χ4n) is 4.50. The molecule has 1 N–H and O–H groups in total. The molecule has 7 heteroatoms. The zero-order chi connectivity index (χ0) is 24.8. The molecule has 184 valence electrons. The summed E-state index contributed by atoms with van der Waals surface area (Å²) in [6.07, 6.45) is 3.36. The first-order valence-corrected chi connectivity index (χ1v) is 12.0. The Hall–Kier alpha value is -3.29. The molecule has 0 aliphatic carbocycles. The number of methoxy groups -OCH3 is 1. The predicted octanol–water partition coefficient (Wildman–Crippen LogP) is 4.35. The molecule has 1 fully saturated rings. The van der Waals surface area contributed by atoms with Crippen molar-refractivity contribution in [2.24, 2.45) is 0 Å². The monoisotopic (exact) mass is 476 g/mol. The minimum absolute atomic E-state index is 0.120. The number of carbonyl (C=O) groups excluding carboxylic acids is 1. The summed E-state index contributed by atoms with van der Waals surface area (Å²) < 4.78 is 19.0. The molecule has 1 amide bonds. The maximum atomic E-state index is 13.5. The Labute approximate surface area is 206 Å². The van der Waals surface area contributed by atoms with E-state index in [9.17, 15) is 9.18 Å². The number of pyridine rings is 1. The second-order valence-electron chi connectivity index (χ2n) is 9.35. The number of likely N-dealkylation sites (tertiary alicyclic amines) is 1. The van der Waals surface area contributed by atoms with Gasteiger partial charge in [-0.3, -0.25) is 14.7 Å². The third-order valence-corrected chi connectivity index (χ3v) is 6.31. The number of benzene rings is 2. The average molecular weight is 477 g/mol. The van der Waals surface area contributed by atoms with E-state index in [2.05, 4.69) is 52.4 Å². The lowest BCUT2D eigenvalue weighted by atomic mass is 10.0. The van der Waals surface area contributed by atoms with Crippen LogP contribution in [0.2, 0.25) is 0 Å². The first kappa shape index (κ1) is 24.8. The van der Waals surface area contributed by atoms with Crippen molar-refractivity contribution in [2.75, 3.05) is 34.3 Å². The summed E-state index contributed by atoms with van der Waals surface area (Å²) in [5.41, 5.74) is 4.31. The highest BCUT2D eigenvalue weighted by atomic mass is 19.1. The molecule has 6 nitrogen and oxygen atoms in total. The highest BCUT2D eigenvalue weighted by Crippen LogP contribution is 2.23. The molecule has 0 bridgehead atoms. The fourth-order valence-corrected chi connectivity index (χ4v) is 4.50. The second kappa shape index (κ2) is 11.4. The average Bonchev–Trinajstić information content (AvgIpc) is 2.85. The minimum Gasteiger partial charge on any atom is -0.496 e. The molecule has 3 aromatic rings. The molecule has 35 heavy (non-hydrogen) atoms. The number of ether oxygens (including phenoxy) is 1. The molecular weight excluding hydrogens is 443 g/mol. The van der Waals surface area contributed by atoms with E-state index in [1.165, 1.54) is 23.3 Å². The molecule has 0 spiro atoms. The first-order chi connectivity index (χ1) is 16.9. The van der Waals surface area contributed by atoms with Gasteiger partial charge in [-0.2, -0.15) is 0 Å². The van der Waals surface area contributed by atoms with Gasteiger partial charge >= 0.3 is 0 Å². The number of hydrogen-bond donors (Lipinski definition) is 1. The van der Waals surface area contributed by atoms with Crippen molar-refractivity contribution in [3.8, 4) is 17.0 Å².